The predicted molar refractivity (Wildman–Crippen MR) is 125 cm³/mol. The summed E-state index contributed by atoms with van der Waals surface area (Å²) in [6, 6.07) is 11.1. The SMILES string of the molecule is CC(C)CCN(C(=O)/C=C/c1ccnn1C)c1c(N)n(Cc2ccccc2)c(=O)[nH]c1=O. The van der Waals surface area contributed by atoms with Crippen LogP contribution < -0.4 is 21.9 Å². The van der Waals surface area contributed by atoms with Gasteiger partial charge in [0, 0.05) is 25.9 Å². The average molecular weight is 437 g/mol. The highest BCUT2D eigenvalue weighted by molar-refractivity contribution is 6.05. The number of nitrogens with zero attached hydrogens (tertiary/aromatic N) is 4. The molecule has 1 amide bonds. The van der Waals surface area contributed by atoms with Crippen LogP contribution >= 0.6 is 0 Å². The summed E-state index contributed by atoms with van der Waals surface area (Å²) < 4.78 is 2.90. The van der Waals surface area contributed by atoms with Gasteiger partial charge in [0.1, 0.15) is 5.82 Å². The van der Waals surface area contributed by atoms with Crippen molar-refractivity contribution in [2.75, 3.05) is 17.2 Å². The Morgan fingerprint density at radius 1 is 1.22 bits per heavy atom. The zero-order valence-electron chi connectivity index (χ0n) is 18.5. The van der Waals surface area contributed by atoms with Crippen molar-refractivity contribution < 1.29 is 4.79 Å². The number of hydrogen-bond acceptors (Lipinski definition) is 5. The van der Waals surface area contributed by atoms with Crippen molar-refractivity contribution >= 4 is 23.5 Å². The Bertz CT molecular complexity index is 1220. The highest BCUT2D eigenvalue weighted by Gasteiger charge is 2.23. The Morgan fingerprint density at radius 3 is 2.56 bits per heavy atom. The van der Waals surface area contributed by atoms with Crippen LogP contribution in [0.2, 0.25) is 0 Å². The lowest BCUT2D eigenvalue weighted by Crippen LogP contribution is -2.41. The van der Waals surface area contributed by atoms with Crippen LogP contribution in [0, 0.1) is 5.92 Å². The van der Waals surface area contributed by atoms with Crippen LogP contribution in [0.3, 0.4) is 0 Å². The van der Waals surface area contributed by atoms with E-state index in [9.17, 15) is 14.4 Å². The molecule has 32 heavy (non-hydrogen) atoms. The third-order valence-electron chi connectivity index (χ3n) is 5.12. The summed E-state index contributed by atoms with van der Waals surface area (Å²) >= 11 is 0. The second kappa shape index (κ2) is 9.95. The number of hydrogen-bond donors (Lipinski definition) is 2. The fraction of sp³-hybridized carbons (Fsp3) is 0.304. The van der Waals surface area contributed by atoms with E-state index in [4.69, 9.17) is 5.73 Å². The van der Waals surface area contributed by atoms with Gasteiger partial charge in [-0.3, -0.25) is 23.8 Å². The van der Waals surface area contributed by atoms with Crippen molar-refractivity contribution in [2.45, 2.75) is 26.8 Å². The highest BCUT2D eigenvalue weighted by atomic mass is 16.2. The minimum atomic E-state index is -0.692. The van der Waals surface area contributed by atoms with Crippen molar-refractivity contribution in [2.24, 2.45) is 13.0 Å². The smallest absolute Gasteiger partial charge is 0.330 e. The molecule has 168 valence electrons. The van der Waals surface area contributed by atoms with Gasteiger partial charge in [-0.1, -0.05) is 44.2 Å². The molecule has 0 saturated heterocycles. The lowest BCUT2D eigenvalue weighted by molar-refractivity contribution is -0.114. The molecule has 3 rings (SSSR count). The number of carbonyl (C=O) groups is 1. The summed E-state index contributed by atoms with van der Waals surface area (Å²) in [5.74, 6) is -0.163. The molecule has 1 aromatic carbocycles. The monoisotopic (exact) mass is 436 g/mol. The number of aromatic nitrogens is 4. The van der Waals surface area contributed by atoms with Crippen molar-refractivity contribution in [3.63, 3.8) is 0 Å². The summed E-state index contributed by atoms with van der Waals surface area (Å²) in [6.45, 7) is 4.51. The standard InChI is InChI=1S/C23H28N6O3/c1-16(2)12-14-28(19(30)10-9-18-11-13-25-27(18)3)20-21(24)29(23(32)26-22(20)31)15-17-7-5-4-6-8-17/h4-11,13,16H,12,14-15,24H2,1-3H3,(H,26,31,32)/b10-9+. The molecule has 0 saturated carbocycles. The molecule has 3 aromatic rings. The number of nitrogen functional groups attached to an aromatic ring is 1. The normalized spacial score (nSPS) is 11.4. The Balaban J connectivity index is 2.03. The molecule has 9 heteroatoms. The molecule has 0 spiro atoms. The Morgan fingerprint density at radius 2 is 1.94 bits per heavy atom. The Labute approximate surface area is 185 Å². The summed E-state index contributed by atoms with van der Waals surface area (Å²) in [6.07, 6.45) is 5.29. The van der Waals surface area contributed by atoms with Crippen molar-refractivity contribution in [3.05, 3.63) is 80.8 Å². The van der Waals surface area contributed by atoms with E-state index in [2.05, 4.69) is 10.1 Å². The average Bonchev–Trinajstić information content (AvgIpc) is 3.16. The zero-order chi connectivity index (χ0) is 23.3. The molecule has 2 aromatic heterocycles. The molecule has 0 bridgehead atoms. The van der Waals surface area contributed by atoms with Crippen LogP contribution in [0.15, 0.2) is 58.3 Å². The highest BCUT2D eigenvalue weighted by Crippen LogP contribution is 2.20. The van der Waals surface area contributed by atoms with Crippen LogP contribution in [0.1, 0.15) is 31.5 Å². The molecule has 0 aliphatic carbocycles. The third kappa shape index (κ3) is 5.23. The van der Waals surface area contributed by atoms with Gasteiger partial charge in [0.25, 0.3) is 11.5 Å². The van der Waals surface area contributed by atoms with E-state index in [1.54, 1.807) is 30.1 Å². The number of anilines is 2. The fourth-order valence-electron chi connectivity index (χ4n) is 3.27. The van der Waals surface area contributed by atoms with Gasteiger partial charge in [-0.05, 0) is 30.0 Å². The number of aromatic amines is 1. The molecule has 0 aliphatic rings. The van der Waals surface area contributed by atoms with E-state index in [1.807, 2.05) is 44.2 Å². The summed E-state index contributed by atoms with van der Waals surface area (Å²) in [5, 5.41) is 4.07. The van der Waals surface area contributed by atoms with Gasteiger partial charge in [0.05, 0.1) is 12.2 Å². The molecule has 0 radical (unpaired) electrons. The lowest BCUT2D eigenvalue weighted by Gasteiger charge is -2.24. The van der Waals surface area contributed by atoms with Gasteiger partial charge >= 0.3 is 5.69 Å². The number of amides is 1. The topological polar surface area (TPSA) is 119 Å². The van der Waals surface area contributed by atoms with Crippen LogP contribution in [0.4, 0.5) is 11.5 Å². The lowest BCUT2D eigenvalue weighted by atomic mass is 10.1. The minimum Gasteiger partial charge on any atom is -0.383 e. The summed E-state index contributed by atoms with van der Waals surface area (Å²) in [4.78, 5) is 42.0. The van der Waals surface area contributed by atoms with Gasteiger partial charge in [0.2, 0.25) is 0 Å². The number of benzene rings is 1. The van der Waals surface area contributed by atoms with E-state index < -0.39 is 17.2 Å². The van der Waals surface area contributed by atoms with E-state index in [1.165, 1.54) is 15.5 Å². The Hall–Kier alpha value is -3.88. The maximum absolute atomic E-state index is 13.1. The van der Waals surface area contributed by atoms with Gasteiger partial charge in [-0.15, -0.1) is 0 Å². The minimum absolute atomic E-state index is 0.0270. The third-order valence-corrected chi connectivity index (χ3v) is 5.12. The van der Waals surface area contributed by atoms with E-state index >= 15 is 0 Å². The molecule has 0 aliphatic heterocycles. The number of nitrogens with two attached hydrogens (primary N) is 1. The molecule has 0 fully saturated rings. The van der Waals surface area contributed by atoms with Crippen molar-refractivity contribution in [3.8, 4) is 0 Å². The number of rotatable bonds is 8. The molecule has 3 N–H and O–H groups in total. The largest absolute Gasteiger partial charge is 0.383 e. The number of aryl methyl sites for hydroxylation is 1. The predicted octanol–water partition coefficient (Wildman–Crippen LogP) is 1.99. The maximum Gasteiger partial charge on any atom is 0.330 e. The first-order chi connectivity index (χ1) is 15.3. The molecule has 9 nitrogen and oxygen atoms in total. The zero-order valence-corrected chi connectivity index (χ0v) is 18.5. The van der Waals surface area contributed by atoms with Crippen LogP contribution in [0.25, 0.3) is 6.08 Å². The first-order valence-corrected chi connectivity index (χ1v) is 10.4. The van der Waals surface area contributed by atoms with E-state index in [0.29, 0.717) is 12.3 Å². The Kier molecular flexibility index (Phi) is 7.09. The first-order valence-electron chi connectivity index (χ1n) is 10.4. The molecular weight excluding hydrogens is 408 g/mol. The van der Waals surface area contributed by atoms with Crippen LogP contribution in [0.5, 0.6) is 0 Å². The van der Waals surface area contributed by atoms with E-state index in [0.717, 1.165) is 11.3 Å². The van der Waals surface area contributed by atoms with Crippen LogP contribution in [-0.4, -0.2) is 31.8 Å². The van der Waals surface area contributed by atoms with Gasteiger partial charge < -0.3 is 10.6 Å². The van der Waals surface area contributed by atoms with Crippen molar-refractivity contribution in [1.29, 1.82) is 0 Å². The quantitative estimate of drug-likeness (QED) is 0.524. The van der Waals surface area contributed by atoms with E-state index in [-0.39, 0.29) is 24.6 Å². The molecular formula is C23H28N6O3. The molecule has 0 unspecified atom stereocenters. The first kappa shape index (κ1) is 22.8. The molecule has 2 heterocycles. The van der Waals surface area contributed by atoms with Gasteiger partial charge in [-0.2, -0.15) is 5.10 Å². The summed E-state index contributed by atoms with van der Waals surface area (Å²) in [7, 11) is 1.77. The van der Waals surface area contributed by atoms with Gasteiger partial charge in [0.15, 0.2) is 5.69 Å². The van der Waals surface area contributed by atoms with Crippen LogP contribution in [-0.2, 0) is 18.4 Å². The van der Waals surface area contributed by atoms with Crippen molar-refractivity contribution in [1.82, 2.24) is 19.3 Å². The number of nitrogens with one attached hydrogen (secondary N) is 1. The van der Waals surface area contributed by atoms with Gasteiger partial charge in [-0.25, -0.2) is 4.79 Å². The summed E-state index contributed by atoms with van der Waals surface area (Å²) in [5.41, 5.74) is 6.54. The number of H-pyrrole nitrogens is 1. The maximum atomic E-state index is 13.1. The second-order valence-electron chi connectivity index (χ2n) is 7.95. The molecule has 0 atom stereocenters. The fourth-order valence-corrected chi connectivity index (χ4v) is 3.27. The number of carbonyl (C=O) groups excluding carboxylic acids is 1. The second-order valence-corrected chi connectivity index (χ2v) is 7.95.